The zero-order valence-electron chi connectivity index (χ0n) is 18.3. The smallest absolute Gasteiger partial charge is 0.145 e. The lowest BCUT2D eigenvalue weighted by atomic mass is 10.0. The van der Waals surface area contributed by atoms with Crippen LogP contribution < -0.4 is 0 Å². The van der Waals surface area contributed by atoms with Crippen molar-refractivity contribution in [2.75, 3.05) is 26.3 Å². The summed E-state index contributed by atoms with van der Waals surface area (Å²) in [5.74, 6) is 0.425. The van der Waals surface area contributed by atoms with E-state index in [9.17, 15) is 5.11 Å². The number of benzene rings is 2. The van der Waals surface area contributed by atoms with Crippen LogP contribution >= 0.6 is 34.8 Å². The first-order valence-electron chi connectivity index (χ1n) is 10.7. The number of ether oxygens (including phenoxy) is 1. The van der Waals surface area contributed by atoms with Crippen LogP contribution in [0.3, 0.4) is 0 Å². The maximum Gasteiger partial charge on any atom is 0.145 e. The van der Waals surface area contributed by atoms with Gasteiger partial charge in [-0.1, -0.05) is 72.0 Å². The van der Waals surface area contributed by atoms with Crippen LogP contribution in [0.2, 0.25) is 15.1 Å². The van der Waals surface area contributed by atoms with E-state index in [-0.39, 0.29) is 6.10 Å². The molecule has 8 heteroatoms. The van der Waals surface area contributed by atoms with E-state index in [0.717, 1.165) is 16.8 Å². The van der Waals surface area contributed by atoms with Crippen LogP contribution in [-0.4, -0.2) is 54.2 Å². The largest absolute Gasteiger partial charge is 0.390 e. The van der Waals surface area contributed by atoms with Crippen LogP contribution in [0, 0.1) is 5.92 Å². The first-order chi connectivity index (χ1) is 15.3. The van der Waals surface area contributed by atoms with E-state index < -0.39 is 6.10 Å². The van der Waals surface area contributed by atoms with Crippen molar-refractivity contribution in [2.45, 2.75) is 39.0 Å². The third-order valence-corrected chi connectivity index (χ3v) is 5.95. The lowest BCUT2D eigenvalue weighted by Gasteiger charge is -2.27. The summed E-state index contributed by atoms with van der Waals surface area (Å²) in [4.78, 5) is 7.85. The topological polar surface area (TPSA) is 54.3 Å². The van der Waals surface area contributed by atoms with E-state index in [1.165, 1.54) is 0 Å². The van der Waals surface area contributed by atoms with Crippen molar-refractivity contribution < 1.29 is 14.7 Å². The Balaban J connectivity index is 1.62. The highest BCUT2D eigenvalue weighted by Gasteiger charge is 2.26. The SMILES string of the molecule is CC(C)COCC(O)CN(Cc1cccc(Cl)c1)CC1CC(c2ccc(Cl)c(Cl)c2)=NO1. The van der Waals surface area contributed by atoms with Crippen molar-refractivity contribution in [1.82, 2.24) is 4.90 Å². The van der Waals surface area contributed by atoms with Gasteiger partial charge >= 0.3 is 0 Å². The van der Waals surface area contributed by atoms with Crippen LogP contribution in [-0.2, 0) is 16.1 Å². The molecule has 0 spiro atoms. The van der Waals surface area contributed by atoms with Crippen molar-refractivity contribution in [3.63, 3.8) is 0 Å². The maximum atomic E-state index is 10.5. The highest BCUT2D eigenvalue weighted by Crippen LogP contribution is 2.26. The molecule has 2 aromatic carbocycles. The fourth-order valence-corrected chi connectivity index (χ4v) is 4.06. The fraction of sp³-hybridized carbons (Fsp3) is 0.458. The molecular formula is C24H29Cl3N2O3. The third-order valence-electron chi connectivity index (χ3n) is 4.97. The molecular weight excluding hydrogens is 471 g/mol. The summed E-state index contributed by atoms with van der Waals surface area (Å²) in [6.07, 6.45) is -0.101. The Morgan fingerprint density at radius 3 is 2.66 bits per heavy atom. The van der Waals surface area contributed by atoms with Gasteiger partial charge in [-0.3, -0.25) is 4.90 Å². The Kier molecular flexibility index (Phi) is 9.65. The average molecular weight is 500 g/mol. The Labute approximate surface area is 204 Å². The summed E-state index contributed by atoms with van der Waals surface area (Å²) in [6, 6.07) is 13.2. The molecule has 2 unspecified atom stereocenters. The molecule has 3 rings (SSSR count). The molecule has 2 aromatic rings. The zero-order valence-corrected chi connectivity index (χ0v) is 20.6. The molecule has 1 N–H and O–H groups in total. The standard InChI is InChI=1S/C24H29Cl3N2O3/c1-16(2)14-31-15-20(30)12-29(11-17-4-3-5-19(25)8-17)13-21-10-24(28-32-21)18-6-7-22(26)23(27)9-18/h3-9,16,20-21,30H,10-15H2,1-2H3. The van der Waals surface area contributed by atoms with Gasteiger partial charge in [0.05, 0.1) is 28.5 Å². The molecule has 0 radical (unpaired) electrons. The second-order valence-electron chi connectivity index (χ2n) is 8.51. The number of aliphatic hydroxyl groups excluding tert-OH is 1. The molecule has 0 saturated carbocycles. The summed E-state index contributed by atoms with van der Waals surface area (Å²) in [6.45, 7) is 6.76. The number of hydrogen-bond acceptors (Lipinski definition) is 5. The highest BCUT2D eigenvalue weighted by molar-refractivity contribution is 6.42. The van der Waals surface area contributed by atoms with Gasteiger partial charge < -0.3 is 14.7 Å². The third kappa shape index (κ3) is 7.91. The number of halogens is 3. The van der Waals surface area contributed by atoms with E-state index in [1.807, 2.05) is 30.3 Å². The molecule has 0 aromatic heterocycles. The van der Waals surface area contributed by atoms with Gasteiger partial charge in [-0.05, 0) is 35.7 Å². The van der Waals surface area contributed by atoms with Crippen molar-refractivity contribution in [1.29, 1.82) is 0 Å². The summed E-state index contributed by atoms with van der Waals surface area (Å²) in [5.41, 5.74) is 2.79. The number of nitrogens with zero attached hydrogens (tertiary/aromatic N) is 2. The van der Waals surface area contributed by atoms with Gasteiger partial charge in [0.1, 0.15) is 6.10 Å². The molecule has 5 nitrogen and oxygen atoms in total. The van der Waals surface area contributed by atoms with Gasteiger partial charge in [0.15, 0.2) is 0 Å². The molecule has 174 valence electrons. The van der Waals surface area contributed by atoms with Gasteiger partial charge in [0, 0.05) is 43.2 Å². The molecule has 0 fully saturated rings. The summed E-state index contributed by atoms with van der Waals surface area (Å²) in [7, 11) is 0. The first-order valence-corrected chi connectivity index (χ1v) is 11.8. The molecule has 32 heavy (non-hydrogen) atoms. The summed E-state index contributed by atoms with van der Waals surface area (Å²) in [5, 5.41) is 16.5. The predicted molar refractivity (Wildman–Crippen MR) is 131 cm³/mol. The quantitative estimate of drug-likeness (QED) is 0.432. The van der Waals surface area contributed by atoms with E-state index in [1.54, 1.807) is 12.1 Å². The van der Waals surface area contributed by atoms with Crippen molar-refractivity contribution in [2.24, 2.45) is 11.1 Å². The van der Waals surface area contributed by atoms with E-state index in [0.29, 0.717) is 60.3 Å². The van der Waals surface area contributed by atoms with Gasteiger partial charge in [0.2, 0.25) is 0 Å². The van der Waals surface area contributed by atoms with Gasteiger partial charge in [-0.2, -0.15) is 0 Å². The Morgan fingerprint density at radius 1 is 1.12 bits per heavy atom. The number of hydrogen-bond donors (Lipinski definition) is 1. The van der Waals surface area contributed by atoms with Crippen molar-refractivity contribution >= 4 is 40.5 Å². The Bertz CT molecular complexity index is 923. The molecule has 2 atom stereocenters. The highest BCUT2D eigenvalue weighted by atomic mass is 35.5. The minimum absolute atomic E-state index is 0.137. The fourth-order valence-electron chi connectivity index (χ4n) is 3.55. The lowest BCUT2D eigenvalue weighted by Crippen LogP contribution is -2.39. The molecule has 0 amide bonds. The average Bonchev–Trinajstić information content (AvgIpc) is 3.18. The normalized spacial score (nSPS) is 17.0. The van der Waals surface area contributed by atoms with E-state index in [4.69, 9.17) is 44.4 Å². The second kappa shape index (κ2) is 12.2. The predicted octanol–water partition coefficient (Wildman–Crippen LogP) is 5.68. The monoisotopic (exact) mass is 498 g/mol. The molecule has 0 saturated heterocycles. The summed E-state index contributed by atoms with van der Waals surface area (Å²) < 4.78 is 5.62. The van der Waals surface area contributed by atoms with Crippen LogP contribution in [0.4, 0.5) is 0 Å². The van der Waals surface area contributed by atoms with Crippen LogP contribution in [0.5, 0.6) is 0 Å². The van der Waals surface area contributed by atoms with E-state index in [2.05, 4.69) is 23.9 Å². The molecule has 0 bridgehead atoms. The van der Waals surface area contributed by atoms with Gasteiger partial charge in [0.25, 0.3) is 0 Å². The maximum absolute atomic E-state index is 10.5. The van der Waals surface area contributed by atoms with E-state index >= 15 is 0 Å². The first kappa shape index (κ1) is 25.3. The van der Waals surface area contributed by atoms with Crippen LogP contribution in [0.1, 0.15) is 31.4 Å². The number of oxime groups is 1. The minimum atomic E-state index is -0.607. The second-order valence-corrected chi connectivity index (χ2v) is 9.76. The lowest BCUT2D eigenvalue weighted by molar-refractivity contribution is -0.00734. The van der Waals surface area contributed by atoms with Crippen molar-refractivity contribution in [3.05, 3.63) is 68.7 Å². The van der Waals surface area contributed by atoms with Gasteiger partial charge in [-0.15, -0.1) is 0 Å². The van der Waals surface area contributed by atoms with Gasteiger partial charge in [-0.25, -0.2) is 0 Å². The molecule has 1 aliphatic heterocycles. The van der Waals surface area contributed by atoms with Crippen LogP contribution in [0.25, 0.3) is 0 Å². The summed E-state index contributed by atoms with van der Waals surface area (Å²) >= 11 is 18.3. The Hall–Kier alpha value is -1.34. The number of aliphatic hydroxyl groups is 1. The number of rotatable bonds is 11. The zero-order chi connectivity index (χ0) is 23.1. The molecule has 1 aliphatic rings. The van der Waals surface area contributed by atoms with Crippen molar-refractivity contribution in [3.8, 4) is 0 Å². The Morgan fingerprint density at radius 2 is 1.94 bits per heavy atom. The molecule has 0 aliphatic carbocycles. The minimum Gasteiger partial charge on any atom is -0.390 e. The molecule has 1 heterocycles. The van der Waals surface area contributed by atoms with Crippen LogP contribution in [0.15, 0.2) is 47.6 Å².